The monoisotopic (exact) mass is 814 g/mol. The van der Waals surface area contributed by atoms with E-state index in [9.17, 15) is 14.4 Å². The summed E-state index contributed by atoms with van der Waals surface area (Å²) >= 11 is 6.45. The molecule has 2 aliphatic rings. The molecule has 0 N–H and O–H groups in total. The number of hydrogen-bond acceptors (Lipinski definition) is 11. The van der Waals surface area contributed by atoms with E-state index >= 15 is 0 Å². The maximum atomic E-state index is 12.0. The fourth-order valence-corrected chi connectivity index (χ4v) is 6.81. The summed E-state index contributed by atoms with van der Waals surface area (Å²) in [5.41, 5.74) is -0.858. The largest absolute Gasteiger partial charge is 0.481 e. The standard InChI is InChI=1S/C17H26N2O3S.C13H23NO3S.C6H6BrNO.CH4/c1-17(2,3)22-16(20)19-9-7-13(8-10-19)12-23-14-5-6-15(21-4)18-11-14;1-10(15)18-9-11-5-7-14(8-6-11)12(16)17-13(2,3)4;1-9-6-3-2-5(7)4-8-6;/h5-6,11,13H,7-10,12H2,1-4H3;11H,5-9H2,1-4H3;2-4H,1H3;1H4. The van der Waals surface area contributed by atoms with Gasteiger partial charge in [0.05, 0.1) is 14.2 Å². The van der Waals surface area contributed by atoms with Crippen molar-refractivity contribution in [1.82, 2.24) is 19.8 Å². The predicted molar refractivity (Wildman–Crippen MR) is 211 cm³/mol. The number of thioether (sulfide) groups is 2. The van der Waals surface area contributed by atoms with Crippen molar-refractivity contribution >= 4 is 56.8 Å². The number of ether oxygens (including phenoxy) is 4. The third kappa shape index (κ3) is 20.2. The van der Waals surface area contributed by atoms with Crippen LogP contribution in [0.15, 0.2) is 46.0 Å². The van der Waals surface area contributed by atoms with Gasteiger partial charge in [0.1, 0.15) is 11.2 Å². The molecular formula is C37H59BrN4O7S2. The van der Waals surface area contributed by atoms with Crippen LogP contribution >= 0.6 is 39.5 Å². The Bertz CT molecular complexity index is 1310. The van der Waals surface area contributed by atoms with E-state index in [1.807, 2.05) is 82.6 Å². The molecule has 51 heavy (non-hydrogen) atoms. The van der Waals surface area contributed by atoms with Gasteiger partial charge >= 0.3 is 12.2 Å². The van der Waals surface area contributed by atoms with E-state index in [0.717, 1.165) is 72.7 Å². The minimum absolute atomic E-state index is 0. The van der Waals surface area contributed by atoms with Crippen molar-refractivity contribution in [1.29, 1.82) is 0 Å². The number of hydrogen-bond donors (Lipinski definition) is 0. The molecule has 4 rings (SSSR count). The number of carbonyl (C=O) groups is 3. The molecule has 0 atom stereocenters. The summed E-state index contributed by atoms with van der Waals surface area (Å²) < 4.78 is 21.6. The van der Waals surface area contributed by atoms with Crippen LogP contribution in [0.4, 0.5) is 9.59 Å². The molecule has 0 aromatic carbocycles. The number of nitrogens with zero attached hydrogens (tertiary/aromatic N) is 4. The highest BCUT2D eigenvalue weighted by molar-refractivity contribution is 9.10. The topological polar surface area (TPSA) is 120 Å². The van der Waals surface area contributed by atoms with Gasteiger partial charge in [-0.2, -0.15) is 0 Å². The number of likely N-dealkylation sites (tertiary alicyclic amines) is 2. The van der Waals surface area contributed by atoms with Gasteiger partial charge in [-0.05, 0) is 107 Å². The second-order valence-corrected chi connectivity index (χ2v) is 17.2. The van der Waals surface area contributed by atoms with Gasteiger partial charge in [-0.25, -0.2) is 19.6 Å². The lowest BCUT2D eigenvalue weighted by atomic mass is 9.99. The Kier molecular flexibility index (Phi) is 20.9. The molecule has 0 unspecified atom stereocenters. The molecule has 0 bridgehead atoms. The van der Waals surface area contributed by atoms with Crippen molar-refractivity contribution < 1.29 is 33.3 Å². The Morgan fingerprint density at radius 1 is 0.745 bits per heavy atom. The highest BCUT2D eigenvalue weighted by Crippen LogP contribution is 2.28. The minimum atomic E-state index is -0.432. The number of pyridine rings is 2. The Labute approximate surface area is 322 Å². The van der Waals surface area contributed by atoms with Crippen LogP contribution in [0.3, 0.4) is 0 Å². The van der Waals surface area contributed by atoms with Crippen molar-refractivity contribution in [2.45, 2.75) is 97.7 Å². The van der Waals surface area contributed by atoms with Crippen LogP contribution in [-0.2, 0) is 14.3 Å². The van der Waals surface area contributed by atoms with Crippen LogP contribution in [0.25, 0.3) is 0 Å². The highest BCUT2D eigenvalue weighted by atomic mass is 79.9. The lowest BCUT2D eigenvalue weighted by Crippen LogP contribution is -2.42. The molecule has 2 amide bonds. The normalized spacial score (nSPS) is 15.2. The van der Waals surface area contributed by atoms with Crippen molar-refractivity contribution in [3.8, 4) is 11.8 Å². The number of carbonyl (C=O) groups excluding carboxylic acids is 3. The number of rotatable bonds is 7. The van der Waals surface area contributed by atoms with Crippen molar-refractivity contribution in [2.24, 2.45) is 11.8 Å². The molecule has 288 valence electrons. The summed E-state index contributed by atoms with van der Waals surface area (Å²) in [6.07, 6.45) is 7.09. The Morgan fingerprint density at radius 2 is 1.18 bits per heavy atom. The van der Waals surface area contributed by atoms with Gasteiger partial charge in [0.2, 0.25) is 11.8 Å². The van der Waals surface area contributed by atoms with Gasteiger partial charge in [-0.1, -0.05) is 19.2 Å². The number of halogens is 1. The minimum Gasteiger partial charge on any atom is -0.481 e. The van der Waals surface area contributed by atoms with E-state index in [0.29, 0.717) is 23.6 Å². The summed E-state index contributed by atoms with van der Waals surface area (Å²) in [6, 6.07) is 7.59. The lowest BCUT2D eigenvalue weighted by Gasteiger charge is -2.33. The average molecular weight is 816 g/mol. The summed E-state index contributed by atoms with van der Waals surface area (Å²) in [6.45, 7) is 16.0. The van der Waals surface area contributed by atoms with Gasteiger partial charge in [-0.3, -0.25) is 4.79 Å². The zero-order valence-corrected chi connectivity index (χ0v) is 34.2. The summed E-state index contributed by atoms with van der Waals surface area (Å²) in [4.78, 5) is 47.6. The summed E-state index contributed by atoms with van der Waals surface area (Å²) in [7, 11) is 3.21. The van der Waals surface area contributed by atoms with E-state index in [-0.39, 0.29) is 24.7 Å². The van der Waals surface area contributed by atoms with Crippen LogP contribution in [0.2, 0.25) is 0 Å². The first-order valence-electron chi connectivity index (χ1n) is 16.9. The number of aromatic nitrogens is 2. The zero-order chi connectivity index (χ0) is 37.3. The van der Waals surface area contributed by atoms with Gasteiger partial charge in [0, 0.05) is 78.5 Å². The molecule has 0 spiro atoms. The third-order valence-corrected chi connectivity index (χ3v) is 10.1. The maximum Gasteiger partial charge on any atom is 0.410 e. The van der Waals surface area contributed by atoms with Crippen LogP contribution < -0.4 is 9.47 Å². The zero-order valence-electron chi connectivity index (χ0n) is 31.0. The fraction of sp³-hybridized carbons (Fsp3) is 0.649. The maximum absolute atomic E-state index is 12.0. The molecule has 0 saturated carbocycles. The fourth-order valence-electron chi connectivity index (χ4n) is 4.72. The van der Waals surface area contributed by atoms with Crippen LogP contribution in [-0.4, -0.2) is 100 Å². The number of piperidine rings is 2. The molecule has 2 fully saturated rings. The van der Waals surface area contributed by atoms with Gasteiger partial charge in [-0.15, -0.1) is 11.8 Å². The SMILES string of the molecule is C.CC(=O)SCC1CCN(C(=O)OC(C)(C)C)CC1.COc1ccc(Br)cn1.COc1ccc(SCC2CCN(C(=O)OC(C)(C)C)CC2)cn1. The van der Waals surface area contributed by atoms with Gasteiger partial charge in [0.25, 0.3) is 0 Å². The Balaban J connectivity index is 0.000000412. The first-order chi connectivity index (χ1) is 23.5. The van der Waals surface area contributed by atoms with Crippen LogP contribution in [0.1, 0.15) is 81.6 Å². The second-order valence-electron chi connectivity index (χ2n) is 14.0. The van der Waals surface area contributed by atoms with Crippen molar-refractivity contribution in [3.63, 3.8) is 0 Å². The molecule has 2 aromatic rings. The first kappa shape index (κ1) is 46.3. The molecular weight excluding hydrogens is 756 g/mol. The molecule has 0 radical (unpaired) electrons. The second kappa shape index (κ2) is 23.1. The van der Waals surface area contributed by atoms with Crippen LogP contribution in [0, 0.1) is 11.8 Å². The number of methoxy groups -OCH3 is 2. The van der Waals surface area contributed by atoms with E-state index < -0.39 is 11.2 Å². The molecule has 2 saturated heterocycles. The van der Waals surface area contributed by atoms with Crippen LogP contribution in [0.5, 0.6) is 11.8 Å². The summed E-state index contributed by atoms with van der Waals surface area (Å²) in [5.74, 6) is 4.37. The quantitative estimate of drug-likeness (QED) is 0.249. The highest BCUT2D eigenvalue weighted by Gasteiger charge is 2.28. The first-order valence-corrected chi connectivity index (χ1v) is 19.6. The molecule has 2 aromatic heterocycles. The number of amides is 2. The molecule has 11 nitrogen and oxygen atoms in total. The molecule has 2 aliphatic heterocycles. The van der Waals surface area contributed by atoms with Gasteiger partial charge < -0.3 is 28.7 Å². The molecule has 4 heterocycles. The molecule has 14 heteroatoms. The third-order valence-electron chi connectivity index (χ3n) is 7.37. The van der Waals surface area contributed by atoms with Crippen molar-refractivity contribution in [3.05, 3.63) is 41.1 Å². The van der Waals surface area contributed by atoms with Crippen molar-refractivity contribution in [2.75, 3.05) is 51.9 Å². The van der Waals surface area contributed by atoms with Gasteiger partial charge in [0.15, 0.2) is 5.12 Å². The Hall–Kier alpha value is -2.71. The van der Waals surface area contributed by atoms with E-state index in [1.54, 1.807) is 38.3 Å². The van der Waals surface area contributed by atoms with E-state index in [1.165, 1.54) is 11.8 Å². The Morgan fingerprint density at radius 3 is 1.53 bits per heavy atom. The van der Waals surface area contributed by atoms with E-state index in [4.69, 9.17) is 18.9 Å². The summed E-state index contributed by atoms with van der Waals surface area (Å²) in [5, 5.41) is 0.171. The van der Waals surface area contributed by atoms with E-state index in [2.05, 4.69) is 25.9 Å². The predicted octanol–water partition coefficient (Wildman–Crippen LogP) is 9.23. The molecule has 0 aliphatic carbocycles. The lowest BCUT2D eigenvalue weighted by molar-refractivity contribution is -0.109. The smallest absolute Gasteiger partial charge is 0.410 e. The average Bonchev–Trinajstić information content (AvgIpc) is 3.06.